The van der Waals surface area contributed by atoms with E-state index in [1.165, 1.54) is 0 Å². The van der Waals surface area contributed by atoms with Gasteiger partial charge in [0.2, 0.25) is 5.91 Å². The lowest BCUT2D eigenvalue weighted by molar-refractivity contribution is -0.116. The maximum absolute atomic E-state index is 12.1. The Labute approximate surface area is 218 Å². The van der Waals surface area contributed by atoms with E-state index >= 15 is 0 Å². The van der Waals surface area contributed by atoms with Gasteiger partial charge in [-0.3, -0.25) is 4.79 Å². The van der Waals surface area contributed by atoms with Gasteiger partial charge in [0.05, 0.1) is 11.6 Å². The molecule has 0 heterocycles. The predicted octanol–water partition coefficient (Wildman–Crippen LogP) is 7.94. The Morgan fingerprint density at radius 2 is 1.82 bits per heavy atom. The number of methoxy groups -OCH3 is 1. The van der Waals surface area contributed by atoms with E-state index in [0.717, 1.165) is 27.0 Å². The summed E-state index contributed by atoms with van der Waals surface area (Å²) in [7, 11) is 1.60. The van der Waals surface area contributed by atoms with Gasteiger partial charge in [0.25, 0.3) is 0 Å². The molecule has 0 atom stereocenters. The normalized spacial score (nSPS) is 10.8. The Bertz CT molecular complexity index is 1150. The Kier molecular flexibility index (Phi) is 9.51. The van der Waals surface area contributed by atoms with Crippen LogP contribution in [0.3, 0.4) is 0 Å². The number of carbonyl (C=O) groups is 1. The lowest BCUT2D eigenvalue weighted by Crippen LogP contribution is -2.13. The van der Waals surface area contributed by atoms with E-state index in [0.29, 0.717) is 40.4 Å². The lowest BCUT2D eigenvalue weighted by atomic mass is 10.1. The predicted molar refractivity (Wildman–Crippen MR) is 143 cm³/mol. The van der Waals surface area contributed by atoms with Crippen molar-refractivity contribution >= 4 is 56.4 Å². The molecule has 3 rings (SSSR count). The van der Waals surface area contributed by atoms with Gasteiger partial charge in [-0.05, 0) is 69.9 Å². The number of anilines is 2. The maximum Gasteiger partial charge on any atom is 0.224 e. The monoisotopic (exact) mass is 564 g/mol. The van der Waals surface area contributed by atoms with Crippen LogP contribution in [-0.2, 0) is 17.9 Å². The molecule has 0 bridgehead atoms. The SMILES string of the molecule is COc1cc(CNc2cccc(NC(=O)CC(C)C)c2)cc(Br)c1OCc1ccc(Cl)cc1Cl. The number of nitrogens with one attached hydrogen (secondary N) is 2. The van der Waals surface area contributed by atoms with Crippen LogP contribution in [0.5, 0.6) is 11.5 Å². The van der Waals surface area contributed by atoms with Crippen molar-refractivity contribution in [1.82, 2.24) is 0 Å². The summed E-state index contributed by atoms with van der Waals surface area (Å²) in [6, 6.07) is 16.8. The van der Waals surface area contributed by atoms with Gasteiger partial charge >= 0.3 is 0 Å². The first kappa shape index (κ1) is 26.2. The van der Waals surface area contributed by atoms with Gasteiger partial charge in [0, 0.05) is 39.9 Å². The van der Waals surface area contributed by atoms with Gasteiger partial charge in [-0.25, -0.2) is 0 Å². The first-order valence-corrected chi connectivity index (χ1v) is 12.4. The Hall–Kier alpha value is -2.41. The molecule has 1 amide bonds. The van der Waals surface area contributed by atoms with E-state index in [4.69, 9.17) is 32.7 Å². The van der Waals surface area contributed by atoms with E-state index in [9.17, 15) is 4.79 Å². The summed E-state index contributed by atoms with van der Waals surface area (Å²) in [6.07, 6.45) is 0.490. The quantitative estimate of drug-likeness (QED) is 0.262. The third-order valence-electron chi connectivity index (χ3n) is 4.91. The highest BCUT2D eigenvalue weighted by Gasteiger charge is 2.13. The summed E-state index contributed by atoms with van der Waals surface area (Å²) >= 11 is 15.8. The highest BCUT2D eigenvalue weighted by Crippen LogP contribution is 2.38. The smallest absolute Gasteiger partial charge is 0.224 e. The Morgan fingerprint density at radius 3 is 2.53 bits per heavy atom. The van der Waals surface area contributed by atoms with Crippen molar-refractivity contribution in [2.45, 2.75) is 33.4 Å². The number of amides is 1. The summed E-state index contributed by atoms with van der Waals surface area (Å²) < 4.78 is 12.3. The van der Waals surface area contributed by atoms with Crippen LogP contribution >= 0.6 is 39.1 Å². The molecule has 8 heteroatoms. The fourth-order valence-electron chi connectivity index (χ4n) is 3.30. The Morgan fingerprint density at radius 1 is 1.06 bits per heavy atom. The molecule has 34 heavy (non-hydrogen) atoms. The van der Waals surface area contributed by atoms with Gasteiger partial charge in [-0.15, -0.1) is 0 Å². The number of halogens is 3. The van der Waals surface area contributed by atoms with Crippen LogP contribution in [0.25, 0.3) is 0 Å². The van der Waals surface area contributed by atoms with E-state index in [-0.39, 0.29) is 12.5 Å². The van der Waals surface area contributed by atoms with Crippen LogP contribution in [0.2, 0.25) is 10.0 Å². The zero-order valence-electron chi connectivity index (χ0n) is 19.3. The molecule has 0 aliphatic carbocycles. The van der Waals surface area contributed by atoms with Crippen molar-refractivity contribution in [2.24, 2.45) is 5.92 Å². The molecular formula is C26H27BrCl2N2O3. The lowest BCUT2D eigenvalue weighted by Gasteiger charge is -2.16. The molecule has 3 aromatic rings. The summed E-state index contributed by atoms with van der Waals surface area (Å²) in [6.45, 7) is 4.87. The number of ether oxygens (including phenoxy) is 2. The second kappa shape index (κ2) is 12.3. The minimum atomic E-state index is 0.0105. The third-order valence-corrected chi connectivity index (χ3v) is 6.09. The molecule has 0 aliphatic heterocycles. The number of benzene rings is 3. The molecule has 0 saturated carbocycles. The maximum atomic E-state index is 12.1. The molecule has 180 valence electrons. The fourth-order valence-corrected chi connectivity index (χ4v) is 4.36. The molecule has 0 fully saturated rings. The first-order chi connectivity index (χ1) is 16.2. The second-order valence-corrected chi connectivity index (χ2v) is 9.91. The highest BCUT2D eigenvalue weighted by molar-refractivity contribution is 9.10. The van der Waals surface area contributed by atoms with E-state index in [1.54, 1.807) is 19.2 Å². The molecule has 0 aliphatic rings. The van der Waals surface area contributed by atoms with Crippen molar-refractivity contribution in [3.8, 4) is 11.5 Å². The first-order valence-electron chi connectivity index (χ1n) is 10.8. The topological polar surface area (TPSA) is 59.6 Å². The molecule has 0 unspecified atom stereocenters. The molecule has 5 nitrogen and oxygen atoms in total. The molecule has 2 N–H and O–H groups in total. The zero-order chi connectivity index (χ0) is 24.7. The average Bonchev–Trinajstić information content (AvgIpc) is 2.77. The summed E-state index contributed by atoms with van der Waals surface area (Å²) in [5.41, 5.74) is 3.48. The van der Waals surface area contributed by atoms with Gasteiger partial charge in [0.1, 0.15) is 6.61 Å². The third kappa shape index (κ3) is 7.55. The number of hydrogen-bond donors (Lipinski definition) is 2. The molecule has 0 radical (unpaired) electrons. The van der Waals surface area contributed by atoms with Crippen LogP contribution in [-0.4, -0.2) is 13.0 Å². The van der Waals surface area contributed by atoms with Crippen molar-refractivity contribution in [3.05, 3.63) is 80.2 Å². The van der Waals surface area contributed by atoms with Crippen LogP contribution in [0.1, 0.15) is 31.4 Å². The summed E-state index contributed by atoms with van der Waals surface area (Å²) in [5.74, 6) is 1.51. The fraction of sp³-hybridized carbons (Fsp3) is 0.269. The van der Waals surface area contributed by atoms with Crippen LogP contribution in [0.15, 0.2) is 59.1 Å². The zero-order valence-corrected chi connectivity index (χ0v) is 22.4. The van der Waals surface area contributed by atoms with Crippen molar-refractivity contribution in [2.75, 3.05) is 17.7 Å². The Balaban J connectivity index is 1.66. The van der Waals surface area contributed by atoms with Gasteiger partial charge in [-0.1, -0.05) is 49.2 Å². The van der Waals surface area contributed by atoms with Crippen molar-refractivity contribution < 1.29 is 14.3 Å². The second-order valence-electron chi connectivity index (χ2n) is 8.21. The molecule has 3 aromatic carbocycles. The van der Waals surface area contributed by atoms with E-state index < -0.39 is 0 Å². The largest absolute Gasteiger partial charge is 0.493 e. The molecule has 0 aromatic heterocycles. The van der Waals surface area contributed by atoms with Gasteiger partial charge in [-0.2, -0.15) is 0 Å². The van der Waals surface area contributed by atoms with E-state index in [2.05, 4.69) is 26.6 Å². The number of rotatable bonds is 10. The van der Waals surface area contributed by atoms with Crippen LogP contribution < -0.4 is 20.1 Å². The molecule has 0 saturated heterocycles. The van der Waals surface area contributed by atoms with Crippen molar-refractivity contribution in [3.63, 3.8) is 0 Å². The van der Waals surface area contributed by atoms with E-state index in [1.807, 2.05) is 56.3 Å². The van der Waals surface area contributed by atoms with Crippen molar-refractivity contribution in [1.29, 1.82) is 0 Å². The number of hydrogen-bond acceptors (Lipinski definition) is 4. The van der Waals surface area contributed by atoms with Crippen LogP contribution in [0.4, 0.5) is 11.4 Å². The summed E-state index contributed by atoms with van der Waals surface area (Å²) in [4.78, 5) is 12.1. The number of carbonyl (C=O) groups excluding carboxylic acids is 1. The molecular weight excluding hydrogens is 539 g/mol. The standard InChI is InChI=1S/C26H27BrCl2N2O3/c1-16(2)9-25(32)31-21-6-4-5-20(13-21)30-14-17-10-22(27)26(24(11-17)33-3)34-15-18-7-8-19(28)12-23(18)29/h4-8,10-13,16,30H,9,14-15H2,1-3H3,(H,31,32). The van der Waals surface area contributed by atoms with Gasteiger partial charge < -0.3 is 20.1 Å². The van der Waals surface area contributed by atoms with Gasteiger partial charge in [0.15, 0.2) is 11.5 Å². The minimum absolute atomic E-state index is 0.0105. The minimum Gasteiger partial charge on any atom is -0.493 e. The van der Waals surface area contributed by atoms with Crippen LogP contribution in [0, 0.1) is 5.92 Å². The molecule has 0 spiro atoms. The highest BCUT2D eigenvalue weighted by atomic mass is 79.9. The summed E-state index contributed by atoms with van der Waals surface area (Å²) in [5, 5.41) is 7.45. The average molecular weight is 566 g/mol.